The average molecular weight is 441 g/mol. The number of aromatic nitrogens is 2. The Balaban J connectivity index is 1.52. The van der Waals surface area contributed by atoms with Crippen molar-refractivity contribution in [2.24, 2.45) is 5.10 Å². The summed E-state index contributed by atoms with van der Waals surface area (Å²) in [4.78, 5) is 24.4. The number of methoxy groups -OCH3 is 1. The molecule has 166 valence electrons. The fraction of sp³-hybridized carbons (Fsp3) is 0.115. The number of amides is 1. The third kappa shape index (κ3) is 4.48. The molecule has 0 radical (unpaired) electrons. The zero-order chi connectivity index (χ0) is 23.4. The number of nitrogens with one attached hydrogen (secondary N) is 1. The van der Waals surface area contributed by atoms with Crippen LogP contribution < -0.4 is 5.43 Å². The first-order chi connectivity index (χ1) is 16.0. The lowest BCUT2D eigenvalue weighted by atomic mass is 10.1. The Hall–Kier alpha value is -4.39. The zero-order valence-corrected chi connectivity index (χ0v) is 18.6. The minimum absolute atomic E-state index is 0.289. The minimum Gasteiger partial charge on any atom is -0.465 e. The van der Waals surface area contributed by atoms with E-state index in [1.165, 1.54) is 7.11 Å². The molecule has 0 fully saturated rings. The normalized spacial score (nSPS) is 11.0. The number of nitrogens with zero attached hydrogens (tertiary/aromatic N) is 3. The number of hydrogen-bond donors (Lipinski definition) is 1. The van der Waals surface area contributed by atoms with Crippen molar-refractivity contribution in [2.75, 3.05) is 7.11 Å². The second kappa shape index (κ2) is 9.40. The number of benzene rings is 2. The minimum atomic E-state index is -0.371. The Morgan fingerprint density at radius 2 is 1.67 bits per heavy atom. The van der Waals surface area contributed by atoms with Crippen molar-refractivity contribution in [1.82, 2.24) is 14.6 Å². The molecule has 0 bridgehead atoms. The lowest BCUT2D eigenvalue weighted by Gasteiger charge is -2.10. The van der Waals surface area contributed by atoms with Crippen LogP contribution in [-0.4, -0.2) is 34.3 Å². The maximum atomic E-state index is 12.8. The third-order valence-corrected chi connectivity index (χ3v) is 5.42. The molecule has 2 heterocycles. The van der Waals surface area contributed by atoms with Crippen LogP contribution >= 0.6 is 0 Å². The molecule has 4 rings (SSSR count). The topological polar surface area (TPSA) is 77.6 Å². The highest BCUT2D eigenvalue weighted by atomic mass is 16.5. The summed E-state index contributed by atoms with van der Waals surface area (Å²) in [6, 6.07) is 20.4. The maximum absolute atomic E-state index is 12.8. The quantitative estimate of drug-likeness (QED) is 0.274. The first-order valence-corrected chi connectivity index (χ1v) is 10.4. The molecule has 0 aliphatic carbocycles. The van der Waals surface area contributed by atoms with Crippen LogP contribution in [0.5, 0.6) is 0 Å². The van der Waals surface area contributed by atoms with E-state index < -0.39 is 0 Å². The summed E-state index contributed by atoms with van der Waals surface area (Å²) in [5.41, 5.74) is 8.20. The molecule has 7 nitrogen and oxygen atoms in total. The van der Waals surface area contributed by atoms with Gasteiger partial charge in [0.05, 0.1) is 30.1 Å². The molecule has 1 N–H and O–H groups in total. The number of rotatable bonds is 6. The molecule has 0 spiro atoms. The summed E-state index contributed by atoms with van der Waals surface area (Å²) < 4.78 is 8.71. The molecular formula is C26H24N4O3. The number of esters is 1. The van der Waals surface area contributed by atoms with Crippen molar-refractivity contribution in [3.05, 3.63) is 107 Å². The SMILES string of the molecule is COC(=O)c1ccc(-n2c(C)cc(/C=N\NC(=O)c3ccccc3-n3cccc3)c2C)cc1. The summed E-state index contributed by atoms with van der Waals surface area (Å²) >= 11 is 0. The molecular weight excluding hydrogens is 416 g/mol. The van der Waals surface area contributed by atoms with Crippen LogP contribution in [0.2, 0.25) is 0 Å². The van der Waals surface area contributed by atoms with Crippen molar-refractivity contribution < 1.29 is 14.3 Å². The van der Waals surface area contributed by atoms with Gasteiger partial charge in [0.25, 0.3) is 5.91 Å². The van der Waals surface area contributed by atoms with Gasteiger partial charge in [-0.3, -0.25) is 4.79 Å². The summed E-state index contributed by atoms with van der Waals surface area (Å²) in [6.07, 6.45) is 5.42. The van der Waals surface area contributed by atoms with E-state index in [-0.39, 0.29) is 11.9 Å². The number of aryl methyl sites for hydroxylation is 1. The molecule has 33 heavy (non-hydrogen) atoms. The van der Waals surface area contributed by atoms with E-state index in [2.05, 4.69) is 15.1 Å². The van der Waals surface area contributed by atoms with Crippen molar-refractivity contribution in [2.45, 2.75) is 13.8 Å². The first-order valence-electron chi connectivity index (χ1n) is 10.4. The molecule has 1 amide bonds. The molecule has 0 aliphatic heterocycles. The van der Waals surface area contributed by atoms with Crippen molar-refractivity contribution in [3.63, 3.8) is 0 Å². The van der Waals surface area contributed by atoms with Gasteiger partial charge in [-0.2, -0.15) is 5.10 Å². The van der Waals surface area contributed by atoms with Crippen molar-refractivity contribution >= 4 is 18.1 Å². The van der Waals surface area contributed by atoms with E-state index in [1.54, 1.807) is 24.4 Å². The number of ether oxygens (including phenoxy) is 1. The monoisotopic (exact) mass is 440 g/mol. The van der Waals surface area contributed by atoms with Gasteiger partial charge in [-0.05, 0) is 68.4 Å². The average Bonchev–Trinajstić information content (AvgIpc) is 3.47. The Labute approximate surface area is 191 Å². The van der Waals surface area contributed by atoms with E-state index >= 15 is 0 Å². The molecule has 7 heteroatoms. The van der Waals surface area contributed by atoms with E-state index in [9.17, 15) is 9.59 Å². The van der Waals surface area contributed by atoms with E-state index in [1.807, 2.05) is 79.3 Å². The Morgan fingerprint density at radius 3 is 2.36 bits per heavy atom. The summed E-state index contributed by atoms with van der Waals surface area (Å²) in [7, 11) is 1.36. The largest absolute Gasteiger partial charge is 0.465 e. The highest BCUT2D eigenvalue weighted by Crippen LogP contribution is 2.20. The van der Waals surface area contributed by atoms with Gasteiger partial charge in [0, 0.05) is 35.0 Å². The Kier molecular flexibility index (Phi) is 6.22. The van der Waals surface area contributed by atoms with Gasteiger partial charge in [0.1, 0.15) is 0 Å². The van der Waals surface area contributed by atoms with Gasteiger partial charge in [-0.25, -0.2) is 10.2 Å². The summed E-state index contributed by atoms with van der Waals surface area (Å²) in [5.74, 6) is -0.660. The van der Waals surface area contributed by atoms with E-state index in [0.29, 0.717) is 11.1 Å². The molecule has 0 unspecified atom stereocenters. The van der Waals surface area contributed by atoms with Crippen LogP contribution in [0.15, 0.2) is 84.2 Å². The molecule has 2 aromatic carbocycles. The summed E-state index contributed by atoms with van der Waals surface area (Å²) in [5, 5.41) is 4.19. The molecule has 0 atom stereocenters. The van der Waals surface area contributed by atoms with Crippen LogP contribution in [0.4, 0.5) is 0 Å². The molecule has 0 aliphatic rings. The van der Waals surface area contributed by atoms with Crippen LogP contribution in [0.1, 0.15) is 37.7 Å². The number of hydrogen-bond acceptors (Lipinski definition) is 4. The van der Waals surface area contributed by atoms with E-state index in [0.717, 1.165) is 28.3 Å². The van der Waals surface area contributed by atoms with Gasteiger partial charge < -0.3 is 13.9 Å². The molecule has 0 saturated heterocycles. The van der Waals surface area contributed by atoms with Crippen LogP contribution in [0, 0.1) is 13.8 Å². The first kappa shape index (κ1) is 21.8. The summed E-state index contributed by atoms with van der Waals surface area (Å²) in [6.45, 7) is 3.97. The van der Waals surface area contributed by atoms with Gasteiger partial charge in [-0.1, -0.05) is 12.1 Å². The molecule has 2 aromatic heterocycles. The Morgan fingerprint density at radius 1 is 0.970 bits per heavy atom. The molecule has 0 saturated carbocycles. The second-order valence-corrected chi connectivity index (χ2v) is 7.51. The van der Waals surface area contributed by atoms with Crippen molar-refractivity contribution in [3.8, 4) is 11.4 Å². The van der Waals surface area contributed by atoms with Crippen LogP contribution in [0.25, 0.3) is 11.4 Å². The van der Waals surface area contributed by atoms with Gasteiger partial charge in [0.2, 0.25) is 0 Å². The fourth-order valence-electron chi connectivity index (χ4n) is 3.79. The maximum Gasteiger partial charge on any atom is 0.337 e. The zero-order valence-electron chi connectivity index (χ0n) is 18.6. The number of hydrazone groups is 1. The Bertz CT molecular complexity index is 1320. The smallest absolute Gasteiger partial charge is 0.337 e. The molecule has 4 aromatic rings. The highest BCUT2D eigenvalue weighted by molar-refractivity contribution is 5.98. The fourth-order valence-corrected chi connectivity index (χ4v) is 3.79. The predicted molar refractivity (Wildman–Crippen MR) is 127 cm³/mol. The third-order valence-electron chi connectivity index (χ3n) is 5.42. The van der Waals surface area contributed by atoms with Crippen LogP contribution in [0.3, 0.4) is 0 Å². The van der Waals surface area contributed by atoms with E-state index in [4.69, 9.17) is 4.74 Å². The van der Waals surface area contributed by atoms with Gasteiger partial charge >= 0.3 is 5.97 Å². The number of para-hydroxylation sites is 1. The standard InChI is InChI=1S/C26H24N4O3/c1-18-16-21(19(2)30(18)22-12-10-20(11-13-22)26(32)33-3)17-27-28-25(31)23-8-4-5-9-24(23)29-14-6-7-15-29/h4-17H,1-3H3,(H,28,31)/b27-17-. The number of carbonyl (C=O) groups is 2. The van der Waals surface area contributed by atoms with Crippen LogP contribution in [-0.2, 0) is 4.74 Å². The lowest BCUT2D eigenvalue weighted by Crippen LogP contribution is -2.19. The highest BCUT2D eigenvalue weighted by Gasteiger charge is 2.13. The van der Waals surface area contributed by atoms with Gasteiger partial charge in [0.15, 0.2) is 0 Å². The van der Waals surface area contributed by atoms with Crippen molar-refractivity contribution in [1.29, 1.82) is 0 Å². The second-order valence-electron chi connectivity index (χ2n) is 7.51. The van der Waals surface area contributed by atoms with Gasteiger partial charge in [-0.15, -0.1) is 0 Å². The number of carbonyl (C=O) groups excluding carboxylic acids is 2. The predicted octanol–water partition coefficient (Wildman–Crippen LogP) is 4.44. The lowest BCUT2D eigenvalue weighted by molar-refractivity contribution is 0.0600.